The third-order valence-corrected chi connectivity index (χ3v) is 3.59. The maximum Gasteiger partial charge on any atom is 0.433 e. The van der Waals surface area contributed by atoms with Gasteiger partial charge in [-0.25, -0.2) is 0 Å². The van der Waals surface area contributed by atoms with Gasteiger partial charge in [0.2, 0.25) is 0 Å². The Hall–Kier alpha value is -1.14. The molecular formula is C15H21F3N2O. The van der Waals surface area contributed by atoms with Gasteiger partial charge in [-0.3, -0.25) is 9.88 Å². The van der Waals surface area contributed by atoms with E-state index >= 15 is 0 Å². The van der Waals surface area contributed by atoms with Crippen LogP contribution in [0.15, 0.2) is 18.3 Å². The lowest BCUT2D eigenvalue weighted by molar-refractivity contribution is -0.141. The molecule has 1 fully saturated rings. The summed E-state index contributed by atoms with van der Waals surface area (Å²) in [5, 5.41) is 0. The second-order valence-electron chi connectivity index (χ2n) is 5.51. The van der Waals surface area contributed by atoms with Gasteiger partial charge in [-0.15, -0.1) is 0 Å². The smallest absolute Gasteiger partial charge is 0.381 e. The lowest BCUT2D eigenvalue weighted by Crippen LogP contribution is -2.22. The van der Waals surface area contributed by atoms with Crippen LogP contribution in [-0.4, -0.2) is 36.2 Å². The number of nitrogens with zero attached hydrogens (tertiary/aromatic N) is 2. The van der Waals surface area contributed by atoms with Gasteiger partial charge in [0.25, 0.3) is 0 Å². The summed E-state index contributed by atoms with van der Waals surface area (Å²) in [5.41, 5.74) is -0.0170. The molecule has 1 aromatic rings. The lowest BCUT2D eigenvalue weighted by Gasteiger charge is -2.16. The Labute approximate surface area is 123 Å². The van der Waals surface area contributed by atoms with Gasteiger partial charge in [0, 0.05) is 25.9 Å². The summed E-state index contributed by atoms with van der Waals surface area (Å²) in [7, 11) is 0. The van der Waals surface area contributed by atoms with Crippen molar-refractivity contribution in [2.24, 2.45) is 5.92 Å². The van der Waals surface area contributed by atoms with E-state index in [-0.39, 0.29) is 0 Å². The van der Waals surface area contributed by atoms with Crippen LogP contribution in [0.1, 0.15) is 31.0 Å². The van der Waals surface area contributed by atoms with Crippen molar-refractivity contribution in [2.45, 2.75) is 32.5 Å². The lowest BCUT2D eigenvalue weighted by atomic mass is 10.1. The molecule has 2 heterocycles. The van der Waals surface area contributed by atoms with Crippen molar-refractivity contribution in [1.82, 2.24) is 9.88 Å². The van der Waals surface area contributed by atoms with E-state index in [2.05, 4.69) is 16.8 Å². The number of alkyl halides is 3. The van der Waals surface area contributed by atoms with Gasteiger partial charge in [-0.1, -0.05) is 13.0 Å². The Kier molecular flexibility index (Phi) is 5.58. The summed E-state index contributed by atoms with van der Waals surface area (Å²) in [4.78, 5) is 5.74. The SMILES string of the molecule is CCCOCC1CCN(Cc2ccc(C(F)(F)F)nc2)C1. The molecule has 0 amide bonds. The maximum atomic E-state index is 12.4. The Morgan fingerprint density at radius 2 is 2.19 bits per heavy atom. The third kappa shape index (κ3) is 4.97. The van der Waals surface area contributed by atoms with Crippen molar-refractivity contribution in [2.75, 3.05) is 26.3 Å². The second kappa shape index (κ2) is 7.22. The number of aromatic nitrogens is 1. The highest BCUT2D eigenvalue weighted by atomic mass is 19.4. The fraction of sp³-hybridized carbons (Fsp3) is 0.667. The van der Waals surface area contributed by atoms with Gasteiger partial charge in [-0.2, -0.15) is 13.2 Å². The quantitative estimate of drug-likeness (QED) is 0.754. The number of halogens is 3. The number of likely N-dealkylation sites (tertiary alicyclic amines) is 1. The summed E-state index contributed by atoms with van der Waals surface area (Å²) in [6.07, 6.45) is -0.941. The molecule has 0 N–H and O–H groups in total. The van der Waals surface area contributed by atoms with Crippen molar-refractivity contribution in [3.8, 4) is 0 Å². The van der Waals surface area contributed by atoms with Crippen LogP contribution in [0.25, 0.3) is 0 Å². The summed E-state index contributed by atoms with van der Waals surface area (Å²) >= 11 is 0. The summed E-state index contributed by atoms with van der Waals surface area (Å²) in [5.74, 6) is 0.527. The molecule has 1 saturated heterocycles. The highest BCUT2D eigenvalue weighted by Gasteiger charge is 2.32. The third-order valence-electron chi connectivity index (χ3n) is 3.59. The fourth-order valence-electron chi connectivity index (χ4n) is 2.53. The van der Waals surface area contributed by atoms with Gasteiger partial charge in [0.1, 0.15) is 5.69 Å². The number of hydrogen-bond acceptors (Lipinski definition) is 3. The molecule has 0 radical (unpaired) electrons. The molecule has 6 heteroatoms. The zero-order chi connectivity index (χ0) is 15.3. The van der Waals surface area contributed by atoms with Crippen LogP contribution in [0, 0.1) is 5.92 Å². The van der Waals surface area contributed by atoms with Gasteiger partial charge in [0.15, 0.2) is 0 Å². The first-order valence-corrected chi connectivity index (χ1v) is 7.31. The first-order valence-electron chi connectivity index (χ1n) is 7.31. The Morgan fingerprint density at radius 1 is 1.38 bits per heavy atom. The van der Waals surface area contributed by atoms with E-state index in [1.807, 2.05) is 0 Å². The van der Waals surface area contributed by atoms with Crippen molar-refractivity contribution in [1.29, 1.82) is 0 Å². The topological polar surface area (TPSA) is 25.4 Å². The van der Waals surface area contributed by atoms with E-state index < -0.39 is 11.9 Å². The van der Waals surface area contributed by atoms with Gasteiger partial charge in [0.05, 0.1) is 6.61 Å². The van der Waals surface area contributed by atoms with Crippen molar-refractivity contribution in [3.05, 3.63) is 29.6 Å². The second-order valence-corrected chi connectivity index (χ2v) is 5.51. The predicted octanol–water partition coefficient (Wildman–Crippen LogP) is 3.35. The molecular weight excluding hydrogens is 281 g/mol. The molecule has 1 atom stereocenters. The molecule has 1 aromatic heterocycles. The Balaban J connectivity index is 1.80. The van der Waals surface area contributed by atoms with Crippen LogP contribution in [0.5, 0.6) is 0 Å². The summed E-state index contributed by atoms with van der Waals surface area (Å²) in [6, 6.07) is 2.56. The van der Waals surface area contributed by atoms with Crippen LogP contribution in [-0.2, 0) is 17.5 Å². The minimum absolute atomic E-state index is 0.527. The normalized spacial score (nSPS) is 20.1. The molecule has 3 nitrogen and oxygen atoms in total. The van der Waals surface area contributed by atoms with E-state index in [0.717, 1.165) is 50.8 Å². The molecule has 1 aliphatic heterocycles. The Bertz CT molecular complexity index is 434. The number of pyridine rings is 1. The summed E-state index contributed by atoms with van der Waals surface area (Å²) in [6.45, 7) is 6.19. The van der Waals surface area contributed by atoms with Gasteiger partial charge < -0.3 is 4.74 Å². The van der Waals surface area contributed by atoms with E-state index in [0.29, 0.717) is 12.5 Å². The van der Waals surface area contributed by atoms with Gasteiger partial charge >= 0.3 is 6.18 Å². The molecule has 0 saturated carbocycles. The molecule has 0 aliphatic carbocycles. The molecule has 21 heavy (non-hydrogen) atoms. The first-order chi connectivity index (χ1) is 9.99. The van der Waals surface area contributed by atoms with E-state index in [9.17, 15) is 13.2 Å². The fourth-order valence-corrected chi connectivity index (χ4v) is 2.53. The first kappa shape index (κ1) is 16.2. The standard InChI is InChI=1S/C15H21F3N2O/c1-2-7-21-11-13-5-6-20(10-13)9-12-3-4-14(19-8-12)15(16,17)18/h3-4,8,13H,2,5-7,9-11H2,1H3. The average Bonchev–Trinajstić information content (AvgIpc) is 2.86. The van der Waals surface area contributed by atoms with Gasteiger partial charge in [-0.05, 0) is 36.9 Å². The van der Waals surface area contributed by atoms with Crippen molar-refractivity contribution >= 4 is 0 Å². The van der Waals surface area contributed by atoms with Crippen LogP contribution in [0.3, 0.4) is 0 Å². The van der Waals surface area contributed by atoms with Crippen LogP contribution >= 0.6 is 0 Å². The minimum atomic E-state index is -4.37. The number of hydrogen-bond donors (Lipinski definition) is 0. The zero-order valence-corrected chi connectivity index (χ0v) is 12.2. The maximum absolute atomic E-state index is 12.4. The zero-order valence-electron chi connectivity index (χ0n) is 12.2. The highest BCUT2D eigenvalue weighted by Crippen LogP contribution is 2.27. The molecule has 118 valence electrons. The molecule has 1 unspecified atom stereocenters. The highest BCUT2D eigenvalue weighted by molar-refractivity contribution is 5.16. The molecule has 0 spiro atoms. The molecule has 0 aromatic carbocycles. The largest absolute Gasteiger partial charge is 0.433 e. The van der Waals surface area contributed by atoms with E-state index in [1.54, 1.807) is 0 Å². The Morgan fingerprint density at radius 3 is 2.81 bits per heavy atom. The van der Waals surface area contributed by atoms with Crippen molar-refractivity contribution in [3.63, 3.8) is 0 Å². The number of ether oxygens (including phenoxy) is 1. The van der Waals surface area contributed by atoms with E-state index in [1.165, 1.54) is 12.3 Å². The van der Waals surface area contributed by atoms with Crippen LogP contribution in [0.2, 0.25) is 0 Å². The van der Waals surface area contributed by atoms with Crippen LogP contribution in [0.4, 0.5) is 13.2 Å². The molecule has 2 rings (SSSR count). The predicted molar refractivity (Wildman–Crippen MR) is 73.7 cm³/mol. The summed E-state index contributed by atoms with van der Waals surface area (Å²) < 4.78 is 42.9. The molecule has 0 bridgehead atoms. The molecule has 1 aliphatic rings. The van der Waals surface area contributed by atoms with Crippen molar-refractivity contribution < 1.29 is 17.9 Å². The van der Waals surface area contributed by atoms with E-state index in [4.69, 9.17) is 4.74 Å². The number of rotatable bonds is 6. The average molecular weight is 302 g/mol. The van der Waals surface area contributed by atoms with Crippen LogP contribution < -0.4 is 0 Å². The minimum Gasteiger partial charge on any atom is -0.381 e. The monoisotopic (exact) mass is 302 g/mol.